The molecule has 1 radical (unpaired) electrons. The Balaban J connectivity index is 0.000000224. The van der Waals surface area contributed by atoms with Gasteiger partial charge in [0, 0.05) is 35.2 Å². The third kappa shape index (κ3) is 9.82. The van der Waals surface area contributed by atoms with Gasteiger partial charge in [-0.05, 0) is 56.5 Å². The SMILES string of the molecule is CC(C)(c1ccccc1)c1ccc[c-]c1-c1ccc([Si](C)(C)C)cn1.[2H]C([2H])(c1ccccc1)c1ccnc(-c2[c-]ccc(C(C)(C)C)c2)c1.[Ir]. The van der Waals surface area contributed by atoms with Gasteiger partial charge < -0.3 is 9.97 Å². The van der Waals surface area contributed by atoms with Gasteiger partial charge in [0.25, 0.3) is 0 Å². The van der Waals surface area contributed by atoms with E-state index in [1.807, 2.05) is 48.5 Å². The summed E-state index contributed by atoms with van der Waals surface area (Å²) in [6.07, 6.45) is 2.16. The molecule has 2 heterocycles. The molecular formula is C45H48IrN2Si-2. The van der Waals surface area contributed by atoms with E-state index >= 15 is 0 Å². The van der Waals surface area contributed by atoms with Gasteiger partial charge in [-0.3, -0.25) is 0 Å². The predicted octanol–water partition coefficient (Wildman–Crippen LogP) is 10.9. The zero-order valence-electron chi connectivity index (χ0n) is 31.9. The van der Waals surface area contributed by atoms with Gasteiger partial charge in [-0.15, -0.1) is 70.8 Å². The first-order valence-electron chi connectivity index (χ1n) is 17.7. The first kappa shape index (κ1) is 34.9. The van der Waals surface area contributed by atoms with Crippen molar-refractivity contribution in [3.05, 3.63) is 174 Å². The van der Waals surface area contributed by atoms with Crippen LogP contribution >= 0.6 is 0 Å². The van der Waals surface area contributed by atoms with Crippen molar-refractivity contribution in [2.45, 2.75) is 71.5 Å². The fourth-order valence-corrected chi connectivity index (χ4v) is 6.63. The van der Waals surface area contributed by atoms with Crippen LogP contribution in [-0.4, -0.2) is 18.0 Å². The number of benzene rings is 4. The molecule has 0 unspecified atom stereocenters. The molecule has 0 aliphatic rings. The van der Waals surface area contributed by atoms with E-state index in [0.29, 0.717) is 11.1 Å². The smallest absolute Gasteiger partial charge is 0.0795 e. The van der Waals surface area contributed by atoms with E-state index in [9.17, 15) is 0 Å². The second kappa shape index (κ2) is 16.2. The van der Waals surface area contributed by atoms with Gasteiger partial charge in [-0.25, -0.2) is 0 Å². The molecule has 0 saturated heterocycles. The molecule has 0 fully saturated rings. The summed E-state index contributed by atoms with van der Waals surface area (Å²) >= 11 is 0. The van der Waals surface area contributed by atoms with Crippen LogP contribution < -0.4 is 5.19 Å². The normalized spacial score (nSPS) is 12.5. The van der Waals surface area contributed by atoms with Crippen LogP contribution in [0.15, 0.2) is 134 Å². The Hall–Kier alpha value is -3.95. The summed E-state index contributed by atoms with van der Waals surface area (Å²) in [5, 5.41) is 1.39. The second-order valence-electron chi connectivity index (χ2n) is 14.8. The van der Waals surface area contributed by atoms with E-state index in [4.69, 9.17) is 7.73 Å². The fraction of sp³-hybridized carbons (Fsp3) is 0.244. The van der Waals surface area contributed by atoms with Crippen molar-refractivity contribution in [2.75, 3.05) is 0 Å². The molecule has 0 aliphatic heterocycles. The van der Waals surface area contributed by atoms with E-state index in [0.717, 1.165) is 22.5 Å². The van der Waals surface area contributed by atoms with E-state index in [1.54, 1.807) is 12.3 Å². The van der Waals surface area contributed by atoms with Gasteiger partial charge in [0.15, 0.2) is 0 Å². The summed E-state index contributed by atoms with van der Waals surface area (Å²) in [7, 11) is -1.33. The molecule has 0 spiro atoms. The van der Waals surface area contributed by atoms with Crippen molar-refractivity contribution >= 4 is 13.3 Å². The Bertz CT molecular complexity index is 2010. The quantitative estimate of drug-likeness (QED) is 0.118. The molecule has 4 aromatic carbocycles. The molecular weight excluding hydrogens is 789 g/mol. The van der Waals surface area contributed by atoms with Gasteiger partial charge in [0.1, 0.15) is 0 Å². The number of aromatic nitrogens is 2. The van der Waals surface area contributed by atoms with Crippen LogP contribution in [0, 0.1) is 12.1 Å². The molecule has 0 aliphatic carbocycles. The van der Waals surface area contributed by atoms with Crippen molar-refractivity contribution in [2.24, 2.45) is 0 Å². The van der Waals surface area contributed by atoms with Gasteiger partial charge in [-0.2, -0.15) is 0 Å². The maximum absolute atomic E-state index is 8.54. The van der Waals surface area contributed by atoms with E-state index in [2.05, 4.69) is 144 Å². The summed E-state index contributed by atoms with van der Waals surface area (Å²) in [6.45, 7) is 18.1. The van der Waals surface area contributed by atoms with Gasteiger partial charge >= 0.3 is 0 Å². The van der Waals surface area contributed by atoms with E-state index in [1.165, 1.54) is 21.9 Å². The Morgan fingerprint density at radius 3 is 1.98 bits per heavy atom. The van der Waals surface area contributed by atoms with Gasteiger partial charge in [0.2, 0.25) is 0 Å². The number of hydrogen-bond donors (Lipinski definition) is 0. The first-order valence-corrected chi connectivity index (χ1v) is 20.2. The van der Waals surface area contributed by atoms with Gasteiger partial charge in [-0.1, -0.05) is 133 Å². The summed E-state index contributed by atoms with van der Waals surface area (Å²) in [6, 6.07) is 46.8. The number of nitrogens with zero attached hydrogens (tertiary/aromatic N) is 2. The Morgan fingerprint density at radius 2 is 1.35 bits per heavy atom. The molecule has 0 bridgehead atoms. The molecule has 6 rings (SSSR count). The van der Waals surface area contributed by atoms with E-state index < -0.39 is 14.4 Å². The number of rotatable bonds is 7. The zero-order valence-corrected chi connectivity index (χ0v) is 33.3. The van der Waals surface area contributed by atoms with Crippen LogP contribution in [0.3, 0.4) is 0 Å². The Labute approximate surface area is 312 Å². The summed E-state index contributed by atoms with van der Waals surface area (Å²) in [5.41, 5.74) is 8.66. The molecule has 0 atom stereocenters. The summed E-state index contributed by atoms with van der Waals surface area (Å²) < 4.78 is 17.1. The molecule has 253 valence electrons. The van der Waals surface area contributed by atoms with Crippen molar-refractivity contribution in [3.63, 3.8) is 0 Å². The van der Waals surface area contributed by atoms with Crippen molar-refractivity contribution in [3.8, 4) is 22.5 Å². The largest absolute Gasteiger partial charge is 0.305 e. The molecule has 2 aromatic heterocycles. The minimum absolute atomic E-state index is 0. The molecule has 0 saturated carbocycles. The predicted molar refractivity (Wildman–Crippen MR) is 207 cm³/mol. The van der Waals surface area contributed by atoms with Crippen LogP contribution in [0.5, 0.6) is 0 Å². The van der Waals surface area contributed by atoms with Crippen LogP contribution in [0.4, 0.5) is 0 Å². The van der Waals surface area contributed by atoms with Crippen LogP contribution in [-0.2, 0) is 37.3 Å². The monoisotopic (exact) mass is 839 g/mol. The minimum atomic E-state index is -1.57. The molecule has 0 amide bonds. The summed E-state index contributed by atoms with van der Waals surface area (Å²) in [4.78, 5) is 9.23. The second-order valence-corrected chi connectivity index (χ2v) is 19.9. The topological polar surface area (TPSA) is 25.8 Å². The van der Waals surface area contributed by atoms with Crippen molar-refractivity contribution < 1.29 is 22.8 Å². The number of pyridine rings is 2. The maximum atomic E-state index is 8.54. The van der Waals surface area contributed by atoms with Crippen LogP contribution in [0.1, 0.15) is 65.2 Å². The van der Waals surface area contributed by atoms with E-state index in [-0.39, 0.29) is 30.9 Å². The van der Waals surface area contributed by atoms with Crippen molar-refractivity contribution in [1.82, 2.24) is 9.97 Å². The summed E-state index contributed by atoms with van der Waals surface area (Å²) in [5.74, 6) is 0. The third-order valence-electron chi connectivity index (χ3n) is 8.68. The van der Waals surface area contributed by atoms with Crippen LogP contribution in [0.25, 0.3) is 22.5 Å². The average Bonchev–Trinajstić information content (AvgIpc) is 3.12. The maximum Gasteiger partial charge on any atom is 0.0795 e. The fourth-order valence-electron chi connectivity index (χ4n) is 5.59. The zero-order chi connectivity index (χ0) is 36.2. The van der Waals surface area contributed by atoms with Gasteiger partial charge in [0.05, 0.1) is 8.07 Å². The molecule has 0 N–H and O–H groups in total. The molecule has 6 aromatic rings. The average molecular weight is 839 g/mol. The Kier molecular flexibility index (Phi) is 11.5. The standard InChI is InChI=1S/C23H26NSi.C22H22N.Ir/c1-23(2,18-11-7-6-8-12-18)21-14-10-9-13-20(21)22-16-15-19(17-24-22)25(3,4)5;1-22(2,3)20-11-7-10-19(16-20)21-15-18(12-13-23-21)14-17-8-5-4-6-9-17;/h6-12,14-17H,1-5H3;4-9,11-13,15-16H,14H2,1-3H3;/q2*-1;/i;14D2;. The Morgan fingerprint density at radius 1 is 0.653 bits per heavy atom. The minimum Gasteiger partial charge on any atom is -0.305 e. The molecule has 4 heteroatoms. The molecule has 2 nitrogen and oxygen atoms in total. The first-order chi connectivity index (χ1) is 23.6. The number of hydrogen-bond acceptors (Lipinski definition) is 2. The van der Waals surface area contributed by atoms with Crippen molar-refractivity contribution in [1.29, 1.82) is 0 Å². The molecule has 49 heavy (non-hydrogen) atoms. The van der Waals surface area contributed by atoms with Crippen LogP contribution in [0.2, 0.25) is 19.6 Å². The third-order valence-corrected chi connectivity index (χ3v) is 10.7.